The van der Waals surface area contributed by atoms with Gasteiger partial charge >= 0.3 is 30.1 Å². The zero-order valence-electron chi connectivity index (χ0n) is 22.2. The Morgan fingerprint density at radius 2 is 1.27 bits per heavy atom. The molecule has 1 heterocycles. The van der Waals surface area contributed by atoms with Gasteiger partial charge in [-0.2, -0.15) is 39.5 Å². The van der Waals surface area contributed by atoms with Gasteiger partial charge in [-0.3, -0.25) is 14.4 Å². The second-order valence-corrected chi connectivity index (χ2v) is 9.87. The van der Waals surface area contributed by atoms with Gasteiger partial charge in [-0.1, -0.05) is 13.8 Å². The van der Waals surface area contributed by atoms with Gasteiger partial charge in [-0.15, -0.1) is 0 Å². The van der Waals surface area contributed by atoms with E-state index in [9.17, 15) is 53.9 Å². The summed E-state index contributed by atoms with van der Waals surface area (Å²) in [7, 11) is 0. The minimum absolute atomic E-state index is 0.0360. The van der Waals surface area contributed by atoms with Crippen molar-refractivity contribution in [1.29, 1.82) is 0 Å². The summed E-state index contributed by atoms with van der Waals surface area (Å²) in [5.74, 6) is -6.49. The molecule has 1 amide bonds. The van der Waals surface area contributed by atoms with Crippen molar-refractivity contribution >= 4 is 23.2 Å². The van der Waals surface area contributed by atoms with Crippen molar-refractivity contribution in [2.24, 2.45) is 11.8 Å². The summed E-state index contributed by atoms with van der Waals surface area (Å²) in [5.41, 5.74) is -0.0496. The molecule has 6 nitrogen and oxygen atoms in total. The van der Waals surface area contributed by atoms with Crippen LogP contribution in [0.3, 0.4) is 0 Å². The van der Waals surface area contributed by atoms with Crippen molar-refractivity contribution in [3.05, 3.63) is 29.8 Å². The van der Waals surface area contributed by atoms with E-state index in [4.69, 9.17) is 0 Å². The number of alkyl halides is 9. The van der Waals surface area contributed by atoms with Gasteiger partial charge in [0.2, 0.25) is 5.91 Å². The predicted molar refractivity (Wildman–Crippen MR) is 128 cm³/mol. The number of ketones is 2. The van der Waals surface area contributed by atoms with E-state index in [0.29, 0.717) is 18.3 Å². The molecular formula is C25H32F9N3O3. The smallest absolute Gasteiger partial charge is 0.380 e. The van der Waals surface area contributed by atoms with Crippen LogP contribution in [0.15, 0.2) is 24.3 Å². The second kappa shape index (κ2) is 14.2. The van der Waals surface area contributed by atoms with Crippen LogP contribution in [-0.4, -0.2) is 66.4 Å². The summed E-state index contributed by atoms with van der Waals surface area (Å²) in [6.45, 7) is 10.7. The zero-order chi connectivity index (χ0) is 31.1. The normalized spacial score (nSPS) is 16.3. The Kier molecular flexibility index (Phi) is 12.5. The van der Waals surface area contributed by atoms with Gasteiger partial charge in [0.15, 0.2) is 0 Å². The molecule has 0 unspecified atom stereocenters. The Labute approximate surface area is 225 Å². The van der Waals surface area contributed by atoms with Crippen molar-refractivity contribution < 1.29 is 53.9 Å². The minimum atomic E-state index is -5.77. The molecule has 1 fully saturated rings. The standard InChI is InChI=1S/C21H32F3N3O.C4F6O2/c1-14(2)19(26-18-7-5-17(6-8-18)21(22,23)24)13-25-20(28)16-9-11-27(12-10-16)15(3)4;5-3(6,7)1(11)2(12)4(8,9)10/h5-8,14-16,19,26H,9-13H2,1-4H3,(H,25,28);/t19-;/m0./s1. The van der Waals surface area contributed by atoms with Crippen LogP contribution >= 0.6 is 0 Å². The highest BCUT2D eigenvalue weighted by atomic mass is 19.4. The predicted octanol–water partition coefficient (Wildman–Crippen LogP) is 5.63. The summed E-state index contributed by atoms with van der Waals surface area (Å²) in [6.07, 6.45) is -14.2. The fourth-order valence-corrected chi connectivity index (χ4v) is 3.71. The number of hydrogen-bond acceptors (Lipinski definition) is 5. The molecule has 40 heavy (non-hydrogen) atoms. The summed E-state index contributed by atoms with van der Waals surface area (Å²) in [6, 6.07) is 5.45. The lowest BCUT2D eigenvalue weighted by Crippen LogP contribution is -2.46. The van der Waals surface area contributed by atoms with Crippen LogP contribution in [0.25, 0.3) is 0 Å². The highest BCUT2D eigenvalue weighted by Gasteiger charge is 2.54. The number of benzene rings is 1. The third-order valence-corrected chi connectivity index (χ3v) is 6.22. The van der Waals surface area contributed by atoms with Crippen molar-refractivity contribution in [3.63, 3.8) is 0 Å². The molecule has 0 saturated carbocycles. The summed E-state index contributed by atoms with van der Waals surface area (Å²) in [4.78, 5) is 34.1. The summed E-state index contributed by atoms with van der Waals surface area (Å²) in [5, 5.41) is 6.28. The molecule has 0 aromatic heterocycles. The molecular weight excluding hydrogens is 561 g/mol. The van der Waals surface area contributed by atoms with Crippen molar-refractivity contribution in [1.82, 2.24) is 10.2 Å². The fraction of sp³-hybridized carbons (Fsp3) is 0.640. The van der Waals surface area contributed by atoms with Crippen molar-refractivity contribution in [2.75, 3.05) is 25.0 Å². The van der Waals surface area contributed by atoms with Crippen LogP contribution in [-0.2, 0) is 20.6 Å². The molecule has 1 aliphatic heterocycles. The largest absolute Gasteiger partial charge is 0.458 e. The lowest BCUT2D eigenvalue weighted by molar-refractivity contribution is -0.193. The maximum Gasteiger partial charge on any atom is 0.458 e. The van der Waals surface area contributed by atoms with E-state index in [0.717, 1.165) is 38.1 Å². The molecule has 0 aliphatic carbocycles. The summed E-state index contributed by atoms with van der Waals surface area (Å²) >= 11 is 0. The van der Waals surface area contributed by atoms with Crippen LogP contribution in [0.1, 0.15) is 46.1 Å². The Morgan fingerprint density at radius 1 is 0.825 bits per heavy atom. The number of carbonyl (C=O) groups excluding carboxylic acids is 3. The third kappa shape index (κ3) is 11.3. The number of nitrogens with one attached hydrogen (secondary N) is 2. The molecule has 2 rings (SSSR count). The molecule has 15 heteroatoms. The maximum absolute atomic E-state index is 12.7. The van der Waals surface area contributed by atoms with Gasteiger partial charge in [0.1, 0.15) is 0 Å². The Bertz CT molecular complexity index is 956. The third-order valence-electron chi connectivity index (χ3n) is 6.22. The lowest BCUT2D eigenvalue weighted by Gasteiger charge is -2.34. The molecule has 0 radical (unpaired) electrons. The molecule has 1 aromatic carbocycles. The Balaban J connectivity index is 0.000000562. The van der Waals surface area contributed by atoms with Crippen LogP contribution in [0, 0.1) is 11.8 Å². The number of rotatable bonds is 8. The number of Topliss-reactive ketones (excluding diaryl/α,β-unsaturated/α-hetero) is 2. The first kappa shape index (κ1) is 35.2. The van der Waals surface area contributed by atoms with Crippen LogP contribution in [0.2, 0.25) is 0 Å². The minimum Gasteiger partial charge on any atom is -0.380 e. The van der Waals surface area contributed by atoms with Crippen molar-refractivity contribution in [3.8, 4) is 0 Å². The summed E-state index contributed by atoms with van der Waals surface area (Å²) < 4.78 is 105. The average Bonchev–Trinajstić information content (AvgIpc) is 2.84. The van der Waals surface area contributed by atoms with Gasteiger partial charge < -0.3 is 15.5 Å². The van der Waals surface area contributed by atoms with Crippen LogP contribution in [0.4, 0.5) is 45.2 Å². The number of halogens is 9. The molecule has 228 valence electrons. The van der Waals surface area contributed by atoms with E-state index in [1.807, 2.05) is 13.8 Å². The molecule has 1 aromatic rings. The number of likely N-dealkylation sites (tertiary alicyclic amines) is 1. The molecule has 1 atom stereocenters. The highest BCUT2D eigenvalue weighted by molar-refractivity contribution is 6.41. The van der Waals surface area contributed by atoms with E-state index < -0.39 is 35.7 Å². The van der Waals surface area contributed by atoms with Gasteiger partial charge in [-0.05, 0) is 70.0 Å². The van der Waals surface area contributed by atoms with Gasteiger partial charge in [-0.25, -0.2) is 0 Å². The van der Waals surface area contributed by atoms with Crippen LogP contribution in [0.5, 0.6) is 0 Å². The van der Waals surface area contributed by atoms with E-state index in [1.54, 1.807) is 0 Å². The average molecular weight is 594 g/mol. The fourth-order valence-electron chi connectivity index (χ4n) is 3.71. The number of amides is 1. The topological polar surface area (TPSA) is 78.5 Å². The first-order chi connectivity index (χ1) is 18.1. The molecule has 2 N–H and O–H groups in total. The van der Waals surface area contributed by atoms with E-state index in [2.05, 4.69) is 29.4 Å². The van der Waals surface area contributed by atoms with Gasteiger partial charge in [0.05, 0.1) is 5.56 Å². The SMILES string of the molecule is CC(C)[C@H](CNC(=O)C1CCN(C(C)C)CC1)Nc1ccc(C(F)(F)F)cc1.O=C(C(=O)C(F)(F)F)C(F)(F)F. The number of carbonyl (C=O) groups is 3. The molecule has 0 spiro atoms. The molecule has 1 saturated heterocycles. The maximum atomic E-state index is 12.7. The first-order valence-electron chi connectivity index (χ1n) is 12.3. The van der Waals surface area contributed by atoms with Crippen molar-refractivity contribution in [2.45, 2.75) is 71.1 Å². The number of anilines is 1. The number of piperidine rings is 1. The Morgan fingerprint density at radius 3 is 1.62 bits per heavy atom. The van der Waals surface area contributed by atoms with Gasteiger partial charge in [0.25, 0.3) is 0 Å². The highest BCUT2D eigenvalue weighted by Crippen LogP contribution is 2.30. The monoisotopic (exact) mass is 593 g/mol. The quantitative estimate of drug-likeness (QED) is 0.302. The molecule has 0 bridgehead atoms. The van der Waals surface area contributed by atoms with E-state index in [1.165, 1.54) is 12.1 Å². The van der Waals surface area contributed by atoms with E-state index >= 15 is 0 Å². The lowest BCUT2D eigenvalue weighted by atomic mass is 9.94. The second-order valence-electron chi connectivity index (χ2n) is 9.87. The zero-order valence-corrected chi connectivity index (χ0v) is 22.2. The van der Waals surface area contributed by atoms with E-state index in [-0.39, 0.29) is 23.8 Å². The number of hydrogen-bond donors (Lipinski definition) is 2. The first-order valence-corrected chi connectivity index (χ1v) is 12.3. The van der Waals surface area contributed by atoms with Gasteiger partial charge in [0, 0.05) is 30.2 Å². The number of nitrogens with zero attached hydrogens (tertiary/aromatic N) is 1. The molecule has 1 aliphatic rings. The van der Waals surface area contributed by atoms with Crippen LogP contribution < -0.4 is 10.6 Å². The Hall–Kier alpha value is -2.84.